The van der Waals surface area contributed by atoms with Crippen molar-refractivity contribution in [3.63, 3.8) is 0 Å². The van der Waals surface area contributed by atoms with Crippen LogP contribution in [-0.4, -0.2) is 0 Å². The summed E-state index contributed by atoms with van der Waals surface area (Å²) in [6.07, 6.45) is 0. The van der Waals surface area contributed by atoms with Crippen molar-refractivity contribution in [3.05, 3.63) is 108 Å². The smallest absolute Gasteiger partial charge is 0.0731 e. The Kier molecular flexibility index (Phi) is 3.75. The van der Waals surface area contributed by atoms with Crippen molar-refractivity contribution in [3.8, 4) is 22.3 Å². The van der Waals surface area contributed by atoms with Gasteiger partial charge in [-0.1, -0.05) is 84.9 Å². The molecule has 0 aromatic heterocycles. The lowest BCUT2D eigenvalue weighted by atomic mass is 9.84. The van der Waals surface area contributed by atoms with E-state index in [2.05, 4.69) is 97.1 Å². The number of rotatable bonds is 2. The average molecular weight is 372 g/mol. The Morgan fingerprint density at radius 1 is 0.483 bits per heavy atom. The lowest BCUT2D eigenvalue weighted by molar-refractivity contribution is 0.135. The monoisotopic (exact) mass is 372 g/mol. The minimum Gasteiger partial charge on any atom is -0.372 e. The van der Waals surface area contributed by atoms with Crippen LogP contribution in [0.3, 0.4) is 0 Å². The van der Waals surface area contributed by atoms with Crippen LogP contribution < -0.4 is 0 Å². The number of benzene rings is 5. The van der Waals surface area contributed by atoms with E-state index in [-0.39, 0.29) is 0 Å². The molecule has 29 heavy (non-hydrogen) atoms. The van der Waals surface area contributed by atoms with Gasteiger partial charge in [-0.15, -0.1) is 0 Å². The molecule has 0 radical (unpaired) electrons. The van der Waals surface area contributed by atoms with E-state index < -0.39 is 0 Å². The molecule has 0 saturated heterocycles. The normalized spacial score (nSPS) is 13.1. The third-order valence-corrected chi connectivity index (χ3v) is 6.01. The first-order valence-corrected chi connectivity index (χ1v) is 10.1. The topological polar surface area (TPSA) is 9.23 Å². The second kappa shape index (κ2) is 6.58. The van der Waals surface area contributed by atoms with Gasteiger partial charge in [-0.05, 0) is 67.1 Å². The first-order valence-electron chi connectivity index (χ1n) is 10.1. The van der Waals surface area contributed by atoms with Crippen LogP contribution in [0.4, 0.5) is 0 Å². The number of fused-ring (bicyclic) bond motifs is 3. The van der Waals surface area contributed by atoms with E-state index in [1.807, 2.05) is 0 Å². The lowest BCUT2D eigenvalue weighted by Gasteiger charge is -2.19. The van der Waals surface area contributed by atoms with E-state index in [0.29, 0.717) is 13.2 Å². The van der Waals surface area contributed by atoms with Crippen LogP contribution in [0, 0.1) is 0 Å². The number of hydrogen-bond donors (Lipinski definition) is 0. The first-order chi connectivity index (χ1) is 14.4. The Morgan fingerprint density at radius 3 is 1.34 bits per heavy atom. The molecule has 0 fully saturated rings. The summed E-state index contributed by atoms with van der Waals surface area (Å²) in [5.41, 5.74) is 7.82. The van der Waals surface area contributed by atoms with Gasteiger partial charge in [0.1, 0.15) is 0 Å². The summed E-state index contributed by atoms with van der Waals surface area (Å²) in [7, 11) is 0. The Hall–Kier alpha value is -3.42. The largest absolute Gasteiger partial charge is 0.372 e. The van der Waals surface area contributed by atoms with E-state index in [1.165, 1.54) is 54.9 Å². The zero-order valence-electron chi connectivity index (χ0n) is 16.1. The van der Waals surface area contributed by atoms with Gasteiger partial charge in [0.2, 0.25) is 0 Å². The molecule has 0 aliphatic carbocycles. The average Bonchev–Trinajstić information content (AvgIpc) is 3.26. The number of hydrogen-bond acceptors (Lipinski definition) is 1. The van der Waals surface area contributed by atoms with Crippen LogP contribution in [-0.2, 0) is 18.0 Å². The summed E-state index contributed by atoms with van der Waals surface area (Å²) in [5.74, 6) is 0. The molecular formula is C28H20O. The molecule has 5 aromatic carbocycles. The molecule has 0 spiro atoms. The maximum Gasteiger partial charge on any atom is 0.0731 e. The predicted molar refractivity (Wildman–Crippen MR) is 121 cm³/mol. The van der Waals surface area contributed by atoms with E-state index in [9.17, 15) is 0 Å². The van der Waals surface area contributed by atoms with Crippen molar-refractivity contribution in [1.82, 2.24) is 0 Å². The zero-order chi connectivity index (χ0) is 19.2. The van der Waals surface area contributed by atoms with Crippen LogP contribution in [0.1, 0.15) is 11.1 Å². The van der Waals surface area contributed by atoms with E-state index >= 15 is 0 Å². The molecule has 1 aliphatic heterocycles. The minimum atomic E-state index is 0.669. The summed E-state index contributed by atoms with van der Waals surface area (Å²) in [6, 6.07) is 34.9. The molecule has 0 bridgehead atoms. The highest BCUT2D eigenvalue weighted by Crippen LogP contribution is 2.45. The summed E-state index contributed by atoms with van der Waals surface area (Å²) in [5, 5.41) is 5.15. The van der Waals surface area contributed by atoms with Gasteiger partial charge >= 0.3 is 0 Å². The van der Waals surface area contributed by atoms with Gasteiger partial charge in [0.15, 0.2) is 0 Å². The standard InChI is InChI=1S/C28H20O/c1-3-9-19(10-4-1)27-23-15-21-13-7-8-14-22(21)16-24(23)28(20-11-5-2-6-12-20)26-18-29-17-25(26)27/h1-16H,17-18H2. The summed E-state index contributed by atoms with van der Waals surface area (Å²) >= 11 is 0. The fraction of sp³-hybridized carbons (Fsp3) is 0.0714. The van der Waals surface area contributed by atoms with Crippen molar-refractivity contribution < 1.29 is 4.74 Å². The molecule has 0 unspecified atom stereocenters. The van der Waals surface area contributed by atoms with Crippen LogP contribution in [0.2, 0.25) is 0 Å². The van der Waals surface area contributed by atoms with Gasteiger partial charge < -0.3 is 4.74 Å². The van der Waals surface area contributed by atoms with Gasteiger partial charge in [0.05, 0.1) is 13.2 Å². The van der Waals surface area contributed by atoms with Gasteiger partial charge in [-0.2, -0.15) is 0 Å². The highest BCUT2D eigenvalue weighted by molar-refractivity contribution is 6.13. The predicted octanol–water partition coefficient (Wildman–Crippen LogP) is 7.36. The van der Waals surface area contributed by atoms with Gasteiger partial charge in [0, 0.05) is 0 Å². The molecule has 6 rings (SSSR count). The molecule has 1 heteroatoms. The maximum atomic E-state index is 6.01. The van der Waals surface area contributed by atoms with E-state index in [1.54, 1.807) is 0 Å². The lowest BCUT2D eigenvalue weighted by Crippen LogP contribution is -1.96. The van der Waals surface area contributed by atoms with Gasteiger partial charge in [-0.25, -0.2) is 0 Å². The molecule has 1 nitrogen and oxygen atoms in total. The second-order valence-corrected chi connectivity index (χ2v) is 7.68. The zero-order valence-corrected chi connectivity index (χ0v) is 16.1. The fourth-order valence-electron chi connectivity index (χ4n) is 4.72. The summed E-state index contributed by atoms with van der Waals surface area (Å²) in [6.45, 7) is 1.34. The van der Waals surface area contributed by atoms with E-state index in [0.717, 1.165) is 0 Å². The van der Waals surface area contributed by atoms with Crippen LogP contribution in [0.5, 0.6) is 0 Å². The van der Waals surface area contributed by atoms with E-state index in [4.69, 9.17) is 4.74 Å². The maximum absolute atomic E-state index is 6.01. The molecule has 5 aromatic rings. The van der Waals surface area contributed by atoms with Crippen molar-refractivity contribution in [1.29, 1.82) is 0 Å². The fourth-order valence-corrected chi connectivity index (χ4v) is 4.72. The van der Waals surface area contributed by atoms with Crippen LogP contribution >= 0.6 is 0 Å². The molecule has 0 saturated carbocycles. The highest BCUT2D eigenvalue weighted by Gasteiger charge is 2.25. The molecule has 0 atom stereocenters. The molecule has 1 heterocycles. The Labute approximate surface area is 170 Å². The third kappa shape index (κ3) is 2.59. The SMILES string of the molecule is c1ccc(-c2c3c(c(-c4ccccc4)c4cc5ccccc5cc24)COC3)cc1. The van der Waals surface area contributed by atoms with Crippen molar-refractivity contribution >= 4 is 21.5 Å². The van der Waals surface area contributed by atoms with Crippen molar-refractivity contribution in [2.24, 2.45) is 0 Å². The molecule has 0 amide bonds. The molecule has 0 N–H and O–H groups in total. The molecule has 138 valence electrons. The van der Waals surface area contributed by atoms with Crippen LogP contribution in [0.25, 0.3) is 43.8 Å². The van der Waals surface area contributed by atoms with Gasteiger partial charge in [0.25, 0.3) is 0 Å². The van der Waals surface area contributed by atoms with Crippen molar-refractivity contribution in [2.75, 3.05) is 0 Å². The highest BCUT2D eigenvalue weighted by atomic mass is 16.5. The molecular weight excluding hydrogens is 352 g/mol. The minimum absolute atomic E-state index is 0.669. The summed E-state index contributed by atoms with van der Waals surface area (Å²) < 4.78 is 6.01. The van der Waals surface area contributed by atoms with Crippen molar-refractivity contribution in [2.45, 2.75) is 13.2 Å². The number of ether oxygens (including phenoxy) is 1. The van der Waals surface area contributed by atoms with Gasteiger partial charge in [-0.3, -0.25) is 0 Å². The Balaban J connectivity index is 1.83. The molecule has 1 aliphatic rings. The second-order valence-electron chi connectivity index (χ2n) is 7.68. The van der Waals surface area contributed by atoms with Crippen LogP contribution in [0.15, 0.2) is 97.1 Å². The quantitative estimate of drug-likeness (QED) is 0.294. The summed E-state index contributed by atoms with van der Waals surface area (Å²) in [4.78, 5) is 0. The Morgan fingerprint density at radius 2 is 0.897 bits per heavy atom. The Bertz CT molecular complexity index is 1250. The first kappa shape index (κ1) is 16.5. The third-order valence-electron chi connectivity index (χ3n) is 6.01.